The maximum atomic E-state index is 0. The van der Waals surface area contributed by atoms with Gasteiger partial charge in [-0.2, -0.15) is 0 Å². The third-order valence-electron chi connectivity index (χ3n) is 0. The molecule has 0 aromatic carbocycles. The summed E-state index contributed by atoms with van der Waals surface area (Å²) in [6.45, 7) is 0. The molecule has 1 nitrogen and oxygen atoms in total. The Morgan fingerprint density at radius 3 is 0.600 bits per heavy atom. The first-order valence-corrected chi connectivity index (χ1v) is 0. The summed E-state index contributed by atoms with van der Waals surface area (Å²) in [5.41, 5.74) is 0. The molecule has 0 aliphatic carbocycles. The zero-order chi connectivity index (χ0) is 0. The molecule has 0 aliphatic rings. The summed E-state index contributed by atoms with van der Waals surface area (Å²) in [6, 6.07) is 0. The molecule has 0 aromatic rings. The average Bonchev–Trinajstić information content (AvgIpc) is 0. The van der Waals surface area contributed by atoms with Gasteiger partial charge in [-0.25, -0.2) is 0 Å². The molecule has 0 heterocycles. The fraction of sp³-hybridized carbons (Fsp3) is 0. The summed E-state index contributed by atoms with van der Waals surface area (Å²) < 4.78 is 0. The molecule has 3 radical (unpaired) electrons. The van der Waals surface area contributed by atoms with Crippen LogP contribution in [0.3, 0.4) is 0 Å². The fourth-order valence-corrected chi connectivity index (χ4v) is 0. The molecule has 0 aromatic heterocycles. The quantitative estimate of drug-likeness (QED) is 0.275. The van der Waals surface area contributed by atoms with Gasteiger partial charge in [0.2, 0.25) is 0 Å². The number of halogens is 3. The molecule has 0 N–H and O–H groups in total. The van der Waals surface area contributed by atoms with Crippen molar-refractivity contribution in [3.63, 3.8) is 0 Å². The van der Waals surface area contributed by atoms with E-state index in [2.05, 4.69) is 0 Å². The van der Waals surface area contributed by atoms with E-state index in [-0.39, 0.29) is 95.4 Å². The van der Waals surface area contributed by atoms with E-state index in [1.165, 1.54) is 0 Å². The largest absolute Gasteiger partial charge is 3.00 e. The minimum absolute atomic E-state index is 0. The third-order valence-corrected chi connectivity index (χ3v) is 0. The van der Waals surface area contributed by atoms with Gasteiger partial charge in [-0.05, 0) is 0 Å². The summed E-state index contributed by atoms with van der Waals surface area (Å²) in [5.74, 6) is 0. The Kier molecular flexibility index (Phi) is 286. The van der Waals surface area contributed by atoms with E-state index >= 15 is 0 Å². The van der Waals surface area contributed by atoms with Crippen LogP contribution in [-0.4, -0.2) is 17.4 Å². The topological polar surface area (TPSA) is 30.5 Å². The molecule has 5 heteroatoms. The summed E-state index contributed by atoms with van der Waals surface area (Å²) in [6.07, 6.45) is 0. The third kappa shape index (κ3) is 20.4. The van der Waals surface area contributed by atoms with Crippen molar-refractivity contribution in [3.8, 4) is 0 Å². The van der Waals surface area contributed by atoms with E-state index < -0.39 is 0 Å². The number of rotatable bonds is 0. The van der Waals surface area contributed by atoms with Gasteiger partial charge in [0.25, 0.3) is 0 Å². The molecule has 0 saturated heterocycles. The minimum Gasteiger partial charge on any atom is -1.00 e. The Morgan fingerprint density at radius 1 is 0.600 bits per heavy atom. The molecule has 0 saturated carbocycles. The van der Waals surface area contributed by atoms with Crippen molar-refractivity contribution in [3.05, 3.63) is 0 Å². The Morgan fingerprint density at radius 2 is 0.600 bits per heavy atom. The maximum Gasteiger partial charge on any atom is 3.00 e. The van der Waals surface area contributed by atoms with E-state index in [9.17, 15) is 0 Å². The molecule has 5 heavy (non-hydrogen) atoms. The van der Waals surface area contributed by atoms with Crippen molar-refractivity contribution in [1.82, 2.24) is 6.15 Å². The second-order valence-electron chi connectivity index (χ2n) is 0. The van der Waals surface area contributed by atoms with E-state index in [0.717, 1.165) is 0 Å². The molecule has 0 atom stereocenters. The second kappa shape index (κ2) is 30.0. The summed E-state index contributed by atoms with van der Waals surface area (Å²) in [7, 11) is 0. The second-order valence-corrected chi connectivity index (χ2v) is 0. The van der Waals surface area contributed by atoms with Crippen LogP contribution < -0.4 is 78.1 Å². The molecule has 29 valence electrons. The molecule has 0 fully saturated rings. The fourth-order valence-electron chi connectivity index (χ4n) is 0. The molecule has 0 aliphatic heterocycles. The Labute approximate surface area is 93.8 Å². The first-order chi connectivity index (χ1) is 0. The van der Waals surface area contributed by atoms with Gasteiger partial charge >= 0.3 is 17.4 Å². The van der Waals surface area contributed by atoms with Crippen LogP contribution in [0.2, 0.25) is 0 Å². The molecule has 0 rings (SSSR count). The van der Waals surface area contributed by atoms with Crippen LogP contribution in [-0.2, 0) is 0 Å². The molecular formula is AlI3N. The Bertz CT molecular complexity index is 6.85. The average molecular weight is 422 g/mol. The van der Waals surface area contributed by atoms with Crippen LogP contribution in [0, 0.1) is 0 Å². The van der Waals surface area contributed by atoms with Gasteiger partial charge in [-0.3, -0.25) is 0 Å². The van der Waals surface area contributed by atoms with Crippen LogP contribution in [0.25, 0.3) is 0 Å². The van der Waals surface area contributed by atoms with Crippen LogP contribution in [0.15, 0.2) is 0 Å². The van der Waals surface area contributed by atoms with Gasteiger partial charge in [0.1, 0.15) is 0 Å². The minimum atomic E-state index is 0. The van der Waals surface area contributed by atoms with E-state index in [4.69, 9.17) is 0 Å². The van der Waals surface area contributed by atoms with Crippen molar-refractivity contribution >= 4 is 17.4 Å². The number of nitrogens with zero attached hydrogens (tertiary/aromatic N) is 1. The predicted octanol–water partition coefficient (Wildman–Crippen LogP) is -9.85. The monoisotopic (exact) mass is 422 g/mol. The normalized spacial score (nSPS) is 0. The van der Waals surface area contributed by atoms with E-state index in [1.54, 1.807) is 0 Å². The van der Waals surface area contributed by atoms with Crippen LogP contribution in [0.5, 0.6) is 0 Å². The number of hydrogen-bond donors (Lipinski definition) is 0. The Hall–Kier alpha value is 2.68. The van der Waals surface area contributed by atoms with Crippen molar-refractivity contribution < 1.29 is 71.9 Å². The summed E-state index contributed by atoms with van der Waals surface area (Å²) >= 11 is 0. The van der Waals surface area contributed by atoms with Crippen molar-refractivity contribution in [2.45, 2.75) is 0 Å². The molecular weight excluding hydrogens is 422 g/mol. The van der Waals surface area contributed by atoms with Gasteiger partial charge in [0, 0.05) is 6.15 Å². The van der Waals surface area contributed by atoms with E-state index in [0.29, 0.717) is 0 Å². The van der Waals surface area contributed by atoms with Gasteiger partial charge in [0.15, 0.2) is 0 Å². The van der Waals surface area contributed by atoms with Crippen LogP contribution >= 0.6 is 0 Å². The number of hydrogen-bond acceptors (Lipinski definition) is 0. The van der Waals surface area contributed by atoms with Crippen molar-refractivity contribution in [2.75, 3.05) is 0 Å². The molecule has 0 amide bonds. The predicted molar refractivity (Wildman–Crippen MR) is 7.89 cm³/mol. The zero-order valence-corrected chi connectivity index (χ0v) is 9.79. The molecule has 0 spiro atoms. The Balaban J connectivity index is 0. The van der Waals surface area contributed by atoms with Gasteiger partial charge in [-0.1, -0.05) is 0 Å². The smallest absolute Gasteiger partial charge is 1.00 e. The SMILES string of the molecule is [Al+3].[I-].[I-].[I-].[N]. The first kappa shape index (κ1) is 47.7. The zero-order valence-electron chi connectivity index (χ0n) is 2.16. The van der Waals surface area contributed by atoms with Gasteiger partial charge in [-0.15, -0.1) is 0 Å². The van der Waals surface area contributed by atoms with Crippen molar-refractivity contribution in [1.29, 1.82) is 0 Å². The van der Waals surface area contributed by atoms with Crippen LogP contribution in [0.1, 0.15) is 0 Å². The van der Waals surface area contributed by atoms with Crippen molar-refractivity contribution in [2.24, 2.45) is 0 Å². The standard InChI is InChI=1S/Al.3HI.N/h;3*1H;/q+3;;;;/p-3. The summed E-state index contributed by atoms with van der Waals surface area (Å²) in [4.78, 5) is 0. The van der Waals surface area contributed by atoms with Gasteiger partial charge < -0.3 is 71.9 Å². The molecule has 0 unspecified atom stereocenters. The van der Waals surface area contributed by atoms with Crippen LogP contribution in [0.4, 0.5) is 0 Å². The molecule has 0 bridgehead atoms. The maximum absolute atomic E-state index is 0. The summed E-state index contributed by atoms with van der Waals surface area (Å²) in [5, 5.41) is 0. The first-order valence-electron chi connectivity index (χ1n) is 0. The van der Waals surface area contributed by atoms with E-state index in [1.807, 2.05) is 0 Å². The van der Waals surface area contributed by atoms with Gasteiger partial charge in [0.05, 0.1) is 0 Å².